The third-order valence-corrected chi connectivity index (χ3v) is 4.79. The van der Waals surface area contributed by atoms with Crippen molar-refractivity contribution in [3.8, 4) is 5.69 Å². The van der Waals surface area contributed by atoms with E-state index in [2.05, 4.69) is 26.1 Å². The summed E-state index contributed by atoms with van der Waals surface area (Å²) < 4.78 is 2.62. The average Bonchev–Trinajstić information content (AvgIpc) is 2.83. The Hall–Kier alpha value is -1.05. The van der Waals surface area contributed by atoms with E-state index >= 15 is 0 Å². The number of carboxylic acids is 1. The summed E-state index contributed by atoms with van der Waals surface area (Å²) in [5.41, 5.74) is 0.841. The van der Waals surface area contributed by atoms with E-state index in [1.807, 2.05) is 30.5 Å². The van der Waals surface area contributed by atoms with Crippen molar-refractivity contribution in [3.63, 3.8) is 0 Å². The standard InChI is InChI=1S/C13H13BrClN3O2S/c1-7(2)12-16-17-13(21-6-11(19)20)18(12)8-3-4-10(15)9(14)5-8/h3-5,7H,6H2,1-2H3,(H,19,20). The highest BCUT2D eigenvalue weighted by Gasteiger charge is 2.18. The van der Waals surface area contributed by atoms with Crippen molar-refractivity contribution in [2.24, 2.45) is 0 Å². The van der Waals surface area contributed by atoms with Crippen LogP contribution in [-0.4, -0.2) is 31.6 Å². The molecule has 1 heterocycles. The molecule has 1 aromatic carbocycles. The number of aromatic nitrogens is 3. The second-order valence-electron chi connectivity index (χ2n) is 4.61. The van der Waals surface area contributed by atoms with Gasteiger partial charge in [0.1, 0.15) is 5.82 Å². The summed E-state index contributed by atoms with van der Waals surface area (Å²) in [7, 11) is 0. The Balaban J connectivity index is 2.49. The molecule has 0 saturated heterocycles. The minimum absolute atomic E-state index is 0.0645. The average molecular weight is 391 g/mol. The summed E-state index contributed by atoms with van der Waals surface area (Å²) in [6.07, 6.45) is 0. The number of nitrogens with zero attached hydrogens (tertiary/aromatic N) is 3. The maximum absolute atomic E-state index is 10.8. The number of thioether (sulfide) groups is 1. The lowest BCUT2D eigenvalue weighted by molar-refractivity contribution is -0.133. The van der Waals surface area contributed by atoms with Gasteiger partial charge in [-0.15, -0.1) is 10.2 Å². The molecule has 1 N–H and O–H groups in total. The Bertz CT molecular complexity index is 675. The molecular weight excluding hydrogens is 378 g/mol. The second kappa shape index (κ2) is 6.81. The predicted molar refractivity (Wildman–Crippen MR) is 86.5 cm³/mol. The molecule has 2 aromatic rings. The third-order valence-electron chi connectivity index (χ3n) is 2.66. The van der Waals surface area contributed by atoms with E-state index in [1.165, 1.54) is 0 Å². The van der Waals surface area contributed by atoms with E-state index < -0.39 is 5.97 Å². The highest BCUT2D eigenvalue weighted by molar-refractivity contribution is 9.10. The third kappa shape index (κ3) is 3.78. The van der Waals surface area contributed by atoms with Gasteiger partial charge >= 0.3 is 5.97 Å². The number of rotatable bonds is 5. The van der Waals surface area contributed by atoms with Crippen LogP contribution in [0, 0.1) is 0 Å². The summed E-state index contributed by atoms with van der Waals surface area (Å²) >= 11 is 10.5. The normalized spacial score (nSPS) is 11.1. The summed E-state index contributed by atoms with van der Waals surface area (Å²) in [5, 5.41) is 18.3. The summed E-state index contributed by atoms with van der Waals surface area (Å²) in [6, 6.07) is 5.49. The van der Waals surface area contributed by atoms with Crippen LogP contribution in [-0.2, 0) is 4.79 Å². The molecule has 0 unspecified atom stereocenters. The smallest absolute Gasteiger partial charge is 0.313 e. The lowest BCUT2D eigenvalue weighted by atomic mass is 10.2. The van der Waals surface area contributed by atoms with E-state index in [9.17, 15) is 4.79 Å². The van der Waals surface area contributed by atoms with Gasteiger partial charge in [-0.05, 0) is 34.1 Å². The van der Waals surface area contributed by atoms with Gasteiger partial charge in [0.05, 0.1) is 16.5 Å². The molecule has 0 radical (unpaired) electrons. The van der Waals surface area contributed by atoms with E-state index in [-0.39, 0.29) is 11.7 Å². The van der Waals surface area contributed by atoms with Crippen LogP contribution >= 0.6 is 39.3 Å². The minimum Gasteiger partial charge on any atom is -0.481 e. The monoisotopic (exact) mass is 389 g/mol. The zero-order chi connectivity index (χ0) is 15.6. The molecule has 0 fully saturated rings. The zero-order valence-electron chi connectivity index (χ0n) is 11.4. The zero-order valence-corrected chi connectivity index (χ0v) is 14.5. The van der Waals surface area contributed by atoms with Crippen molar-refractivity contribution in [3.05, 3.63) is 33.5 Å². The Kier molecular flexibility index (Phi) is 5.29. The lowest BCUT2D eigenvalue weighted by Crippen LogP contribution is -2.06. The Morgan fingerprint density at radius 2 is 2.19 bits per heavy atom. The molecule has 5 nitrogen and oxygen atoms in total. The summed E-state index contributed by atoms with van der Waals surface area (Å²) in [6.45, 7) is 4.02. The van der Waals surface area contributed by atoms with Crippen molar-refractivity contribution in [2.75, 3.05) is 5.75 Å². The molecule has 21 heavy (non-hydrogen) atoms. The van der Waals surface area contributed by atoms with Crippen molar-refractivity contribution < 1.29 is 9.90 Å². The first-order chi connectivity index (χ1) is 9.90. The highest BCUT2D eigenvalue weighted by atomic mass is 79.9. The van der Waals surface area contributed by atoms with Gasteiger partial charge in [-0.25, -0.2) is 0 Å². The van der Waals surface area contributed by atoms with Crippen molar-refractivity contribution >= 4 is 45.3 Å². The molecular formula is C13H13BrClN3O2S. The van der Waals surface area contributed by atoms with Crippen LogP contribution < -0.4 is 0 Å². The van der Waals surface area contributed by atoms with Crippen LogP contribution in [0.4, 0.5) is 0 Å². The SMILES string of the molecule is CC(C)c1nnc(SCC(=O)O)n1-c1ccc(Cl)c(Br)c1. The second-order valence-corrected chi connectivity index (χ2v) is 6.82. The van der Waals surface area contributed by atoms with Crippen molar-refractivity contribution in [1.29, 1.82) is 0 Å². The van der Waals surface area contributed by atoms with E-state index in [0.717, 1.165) is 27.7 Å². The quantitative estimate of drug-likeness (QED) is 0.782. The van der Waals surface area contributed by atoms with Crippen molar-refractivity contribution in [1.82, 2.24) is 14.8 Å². The lowest BCUT2D eigenvalue weighted by Gasteiger charge is -2.12. The molecule has 0 amide bonds. The summed E-state index contributed by atoms with van der Waals surface area (Å²) in [5.74, 6) is -0.0217. The fourth-order valence-corrected chi connectivity index (χ4v) is 2.91. The number of halogens is 2. The number of hydrogen-bond donors (Lipinski definition) is 1. The number of benzene rings is 1. The van der Waals surface area contributed by atoms with Crippen LogP contribution in [0.1, 0.15) is 25.6 Å². The highest BCUT2D eigenvalue weighted by Crippen LogP contribution is 2.30. The molecule has 112 valence electrons. The Morgan fingerprint density at radius 1 is 1.48 bits per heavy atom. The number of aliphatic carboxylic acids is 1. The topological polar surface area (TPSA) is 68.0 Å². The molecule has 0 bridgehead atoms. The van der Waals surface area contributed by atoms with Crippen LogP contribution in [0.3, 0.4) is 0 Å². The predicted octanol–water partition coefficient (Wildman–Crippen LogP) is 3.98. The van der Waals surface area contributed by atoms with Crippen LogP contribution in [0.5, 0.6) is 0 Å². The fraction of sp³-hybridized carbons (Fsp3) is 0.308. The number of hydrogen-bond acceptors (Lipinski definition) is 4. The molecule has 2 rings (SSSR count). The van der Waals surface area contributed by atoms with E-state index in [1.54, 1.807) is 6.07 Å². The van der Waals surface area contributed by atoms with Crippen LogP contribution in [0.2, 0.25) is 5.02 Å². The van der Waals surface area contributed by atoms with Gasteiger partial charge in [0.2, 0.25) is 0 Å². The fourth-order valence-electron chi connectivity index (χ4n) is 1.74. The number of carbonyl (C=O) groups is 1. The van der Waals surface area contributed by atoms with Gasteiger partial charge in [-0.2, -0.15) is 0 Å². The molecule has 0 aliphatic carbocycles. The largest absolute Gasteiger partial charge is 0.481 e. The van der Waals surface area contributed by atoms with Gasteiger partial charge < -0.3 is 5.11 Å². The van der Waals surface area contributed by atoms with Gasteiger partial charge in [0, 0.05) is 10.4 Å². The molecule has 0 aliphatic rings. The molecule has 0 saturated carbocycles. The van der Waals surface area contributed by atoms with Crippen LogP contribution in [0.25, 0.3) is 5.69 Å². The molecule has 0 aliphatic heterocycles. The first-order valence-electron chi connectivity index (χ1n) is 6.15. The van der Waals surface area contributed by atoms with Crippen LogP contribution in [0.15, 0.2) is 27.8 Å². The van der Waals surface area contributed by atoms with Gasteiger partial charge in [-0.3, -0.25) is 9.36 Å². The Labute approximate surface area is 139 Å². The molecule has 1 aromatic heterocycles. The first-order valence-corrected chi connectivity index (χ1v) is 8.31. The van der Waals surface area contributed by atoms with Gasteiger partial charge in [0.15, 0.2) is 5.16 Å². The molecule has 0 atom stereocenters. The molecule has 8 heteroatoms. The molecule has 0 spiro atoms. The minimum atomic E-state index is -0.891. The van der Waals surface area contributed by atoms with Gasteiger partial charge in [-0.1, -0.05) is 37.2 Å². The van der Waals surface area contributed by atoms with Crippen molar-refractivity contribution in [2.45, 2.75) is 24.9 Å². The summed E-state index contributed by atoms with van der Waals surface area (Å²) in [4.78, 5) is 10.8. The van der Waals surface area contributed by atoms with Gasteiger partial charge in [0.25, 0.3) is 0 Å². The van der Waals surface area contributed by atoms with E-state index in [0.29, 0.717) is 10.2 Å². The van der Waals surface area contributed by atoms with E-state index in [4.69, 9.17) is 16.7 Å². The first kappa shape index (κ1) is 16.3. The number of carboxylic acid groups (broad SMARTS) is 1. The maximum atomic E-state index is 10.8. The Morgan fingerprint density at radius 3 is 2.76 bits per heavy atom. The maximum Gasteiger partial charge on any atom is 0.313 e.